The maximum absolute atomic E-state index is 12.5. The molecule has 2 unspecified atom stereocenters. The second kappa shape index (κ2) is 7.07. The van der Waals surface area contributed by atoms with Crippen molar-refractivity contribution in [3.8, 4) is 0 Å². The molecule has 1 aliphatic carbocycles. The third-order valence-corrected chi connectivity index (χ3v) is 4.73. The molecule has 1 saturated carbocycles. The van der Waals surface area contributed by atoms with E-state index < -0.39 is 11.9 Å². The highest BCUT2D eigenvalue weighted by Gasteiger charge is 2.37. The van der Waals surface area contributed by atoms with Crippen LogP contribution >= 0.6 is 0 Å². The minimum Gasteiger partial charge on any atom is -0.481 e. The quantitative estimate of drug-likeness (QED) is 0.828. The van der Waals surface area contributed by atoms with Gasteiger partial charge in [0.05, 0.1) is 11.8 Å². The average molecular weight is 282 g/mol. The standard InChI is InChI=1S/C15H26N2O3/c1-16(10-11-17-8-4-5-9-17)14(18)12-6-2-3-7-13(12)15(19)20/h12-13H,2-11H2,1H3,(H,19,20). The smallest absolute Gasteiger partial charge is 0.307 e. The topological polar surface area (TPSA) is 60.9 Å². The number of carboxylic acid groups (broad SMARTS) is 1. The van der Waals surface area contributed by atoms with Crippen LogP contribution in [0.25, 0.3) is 0 Å². The monoisotopic (exact) mass is 282 g/mol. The summed E-state index contributed by atoms with van der Waals surface area (Å²) in [5.74, 6) is -1.58. The van der Waals surface area contributed by atoms with Crippen LogP contribution in [-0.2, 0) is 9.59 Å². The van der Waals surface area contributed by atoms with Crippen molar-refractivity contribution in [2.24, 2.45) is 11.8 Å². The first-order chi connectivity index (χ1) is 9.59. The van der Waals surface area contributed by atoms with Crippen molar-refractivity contribution in [2.75, 3.05) is 33.2 Å². The van der Waals surface area contributed by atoms with Crippen molar-refractivity contribution >= 4 is 11.9 Å². The molecule has 2 aliphatic rings. The van der Waals surface area contributed by atoms with Crippen molar-refractivity contribution in [1.82, 2.24) is 9.80 Å². The molecule has 0 bridgehead atoms. The fraction of sp³-hybridized carbons (Fsp3) is 0.867. The van der Waals surface area contributed by atoms with Gasteiger partial charge in [0, 0.05) is 20.1 Å². The van der Waals surface area contributed by atoms with Crippen LogP contribution in [0.5, 0.6) is 0 Å². The van der Waals surface area contributed by atoms with Crippen LogP contribution in [0, 0.1) is 11.8 Å². The van der Waals surface area contributed by atoms with E-state index in [1.54, 1.807) is 4.90 Å². The number of carbonyl (C=O) groups excluding carboxylic acids is 1. The molecule has 114 valence electrons. The van der Waals surface area contributed by atoms with Gasteiger partial charge in [0.15, 0.2) is 0 Å². The normalized spacial score (nSPS) is 27.4. The minimum absolute atomic E-state index is 0.0243. The molecule has 0 spiro atoms. The molecule has 0 aromatic heterocycles. The average Bonchev–Trinajstić information content (AvgIpc) is 2.97. The summed E-state index contributed by atoms with van der Waals surface area (Å²) >= 11 is 0. The summed E-state index contributed by atoms with van der Waals surface area (Å²) in [4.78, 5) is 27.9. The summed E-state index contributed by atoms with van der Waals surface area (Å²) in [5.41, 5.74) is 0. The second-order valence-electron chi connectivity index (χ2n) is 6.14. The van der Waals surface area contributed by atoms with Gasteiger partial charge in [-0.2, -0.15) is 0 Å². The third-order valence-electron chi connectivity index (χ3n) is 4.73. The van der Waals surface area contributed by atoms with E-state index in [1.807, 2.05) is 7.05 Å². The van der Waals surface area contributed by atoms with Gasteiger partial charge in [0.25, 0.3) is 0 Å². The number of likely N-dealkylation sites (N-methyl/N-ethyl adjacent to an activating group) is 1. The number of hydrogen-bond acceptors (Lipinski definition) is 3. The molecule has 2 atom stereocenters. The van der Waals surface area contributed by atoms with Crippen LogP contribution in [-0.4, -0.2) is 60.0 Å². The van der Waals surface area contributed by atoms with Crippen LogP contribution in [0.1, 0.15) is 38.5 Å². The zero-order chi connectivity index (χ0) is 14.5. The second-order valence-corrected chi connectivity index (χ2v) is 6.14. The first-order valence-corrected chi connectivity index (χ1v) is 7.79. The van der Waals surface area contributed by atoms with E-state index in [2.05, 4.69) is 4.90 Å². The Morgan fingerprint density at radius 3 is 2.30 bits per heavy atom. The fourth-order valence-electron chi connectivity index (χ4n) is 3.41. The van der Waals surface area contributed by atoms with E-state index in [0.29, 0.717) is 13.0 Å². The molecule has 2 rings (SSSR count). The highest BCUT2D eigenvalue weighted by atomic mass is 16.4. The largest absolute Gasteiger partial charge is 0.481 e. The van der Waals surface area contributed by atoms with Gasteiger partial charge in [-0.05, 0) is 38.8 Å². The highest BCUT2D eigenvalue weighted by Crippen LogP contribution is 2.31. The molecule has 1 saturated heterocycles. The maximum Gasteiger partial charge on any atom is 0.307 e. The molecule has 1 aliphatic heterocycles. The van der Waals surface area contributed by atoms with Crippen LogP contribution in [0.2, 0.25) is 0 Å². The van der Waals surface area contributed by atoms with Crippen molar-refractivity contribution < 1.29 is 14.7 Å². The first-order valence-electron chi connectivity index (χ1n) is 7.79. The third kappa shape index (κ3) is 3.72. The summed E-state index contributed by atoms with van der Waals surface area (Å²) in [6.07, 6.45) is 5.77. The van der Waals surface area contributed by atoms with E-state index in [-0.39, 0.29) is 11.8 Å². The Morgan fingerprint density at radius 2 is 1.70 bits per heavy atom. The fourth-order valence-corrected chi connectivity index (χ4v) is 3.41. The summed E-state index contributed by atoms with van der Waals surface area (Å²) in [7, 11) is 1.81. The van der Waals surface area contributed by atoms with E-state index in [4.69, 9.17) is 0 Å². The minimum atomic E-state index is -0.809. The van der Waals surface area contributed by atoms with Gasteiger partial charge < -0.3 is 14.9 Å². The Balaban J connectivity index is 1.85. The zero-order valence-corrected chi connectivity index (χ0v) is 12.4. The van der Waals surface area contributed by atoms with Crippen molar-refractivity contribution in [3.05, 3.63) is 0 Å². The lowest BCUT2D eigenvalue weighted by molar-refractivity contribution is -0.151. The Hall–Kier alpha value is -1.10. The summed E-state index contributed by atoms with van der Waals surface area (Å²) < 4.78 is 0. The van der Waals surface area contributed by atoms with Crippen LogP contribution < -0.4 is 0 Å². The molecular formula is C15H26N2O3. The van der Waals surface area contributed by atoms with E-state index in [0.717, 1.165) is 38.9 Å². The molecular weight excluding hydrogens is 256 g/mol. The van der Waals surface area contributed by atoms with Gasteiger partial charge in [-0.1, -0.05) is 12.8 Å². The Kier molecular flexibility index (Phi) is 5.40. The van der Waals surface area contributed by atoms with Crippen molar-refractivity contribution in [3.63, 3.8) is 0 Å². The van der Waals surface area contributed by atoms with Crippen LogP contribution in [0.15, 0.2) is 0 Å². The summed E-state index contributed by atoms with van der Waals surface area (Å²) in [5, 5.41) is 9.26. The van der Waals surface area contributed by atoms with Gasteiger partial charge in [0.1, 0.15) is 0 Å². The van der Waals surface area contributed by atoms with Crippen molar-refractivity contribution in [2.45, 2.75) is 38.5 Å². The number of nitrogens with zero attached hydrogens (tertiary/aromatic N) is 2. The number of carbonyl (C=O) groups is 2. The highest BCUT2D eigenvalue weighted by molar-refractivity contribution is 5.84. The van der Waals surface area contributed by atoms with Gasteiger partial charge in [-0.15, -0.1) is 0 Å². The summed E-state index contributed by atoms with van der Waals surface area (Å²) in [6, 6.07) is 0. The Morgan fingerprint density at radius 1 is 1.10 bits per heavy atom. The lowest BCUT2D eigenvalue weighted by Gasteiger charge is -2.31. The SMILES string of the molecule is CN(CCN1CCCC1)C(=O)C1CCCCC1C(=O)O. The number of carboxylic acids is 1. The molecule has 20 heavy (non-hydrogen) atoms. The van der Waals surface area contributed by atoms with E-state index in [9.17, 15) is 14.7 Å². The molecule has 1 heterocycles. The maximum atomic E-state index is 12.5. The molecule has 0 aromatic carbocycles. The Bertz CT molecular complexity index is 353. The Labute approximate surface area is 120 Å². The van der Waals surface area contributed by atoms with Gasteiger partial charge in [-0.25, -0.2) is 0 Å². The molecule has 2 fully saturated rings. The van der Waals surface area contributed by atoms with E-state index >= 15 is 0 Å². The van der Waals surface area contributed by atoms with Crippen LogP contribution in [0.3, 0.4) is 0 Å². The lowest BCUT2D eigenvalue weighted by Crippen LogP contribution is -2.43. The molecule has 0 radical (unpaired) electrons. The number of hydrogen-bond donors (Lipinski definition) is 1. The lowest BCUT2D eigenvalue weighted by atomic mass is 9.78. The van der Waals surface area contributed by atoms with Gasteiger partial charge in [-0.3, -0.25) is 9.59 Å². The molecule has 1 N–H and O–H groups in total. The van der Waals surface area contributed by atoms with E-state index in [1.165, 1.54) is 12.8 Å². The molecule has 0 aromatic rings. The first kappa shape index (κ1) is 15.3. The predicted molar refractivity (Wildman–Crippen MR) is 76.4 cm³/mol. The molecule has 5 heteroatoms. The van der Waals surface area contributed by atoms with Gasteiger partial charge in [0.2, 0.25) is 5.91 Å². The molecule has 5 nitrogen and oxygen atoms in total. The molecule has 1 amide bonds. The van der Waals surface area contributed by atoms with Gasteiger partial charge >= 0.3 is 5.97 Å². The van der Waals surface area contributed by atoms with Crippen molar-refractivity contribution in [1.29, 1.82) is 0 Å². The number of aliphatic carboxylic acids is 1. The number of likely N-dealkylation sites (tertiary alicyclic amines) is 1. The zero-order valence-electron chi connectivity index (χ0n) is 12.4. The number of rotatable bonds is 5. The van der Waals surface area contributed by atoms with Crippen LogP contribution in [0.4, 0.5) is 0 Å². The number of amides is 1. The summed E-state index contributed by atoms with van der Waals surface area (Å²) in [6.45, 7) is 3.88. The predicted octanol–water partition coefficient (Wildman–Crippen LogP) is 1.43.